The van der Waals surface area contributed by atoms with Gasteiger partial charge in [-0.15, -0.1) is 0 Å². The molecule has 0 radical (unpaired) electrons. The number of nitrogens with zero attached hydrogens (tertiary/aromatic N) is 1. The number of aromatic amines is 1. The lowest BCUT2D eigenvalue weighted by Crippen LogP contribution is -2.60. The van der Waals surface area contributed by atoms with Crippen LogP contribution >= 0.6 is 0 Å². The molecule has 2 aromatic rings. The summed E-state index contributed by atoms with van der Waals surface area (Å²) in [6, 6.07) is 6.98. The van der Waals surface area contributed by atoms with Crippen molar-refractivity contribution < 1.29 is 23.7 Å². The molecule has 9 nitrogen and oxygen atoms in total. The van der Waals surface area contributed by atoms with Crippen molar-refractivity contribution in [3.8, 4) is 5.75 Å². The summed E-state index contributed by atoms with van der Waals surface area (Å²) in [6.45, 7) is 2.36. The van der Waals surface area contributed by atoms with Gasteiger partial charge in [0.2, 0.25) is 0 Å². The van der Waals surface area contributed by atoms with Crippen LogP contribution in [0.2, 0.25) is 0 Å². The van der Waals surface area contributed by atoms with Gasteiger partial charge in [-0.2, -0.15) is 0 Å². The fraction of sp³-hybridized carbons (Fsp3) is 0.455. The minimum Gasteiger partial charge on any atom is -0.497 e. The monoisotopic (exact) mass is 428 g/mol. The number of H-pyrrole nitrogens is 1. The van der Waals surface area contributed by atoms with Gasteiger partial charge in [0.15, 0.2) is 6.29 Å². The molecule has 0 amide bonds. The minimum absolute atomic E-state index is 0.331. The summed E-state index contributed by atoms with van der Waals surface area (Å²) in [4.78, 5) is 26.9. The lowest BCUT2D eigenvalue weighted by atomic mass is 9.91. The molecule has 0 aliphatic carbocycles. The normalized spacial score (nSPS) is 32.2. The SMILES string of the molecule is COc1ccc(C2OCC3O[C@@H]4C=CCOC(C4n4cc(C)c(=O)[nH]c4=O)[C@@H]3O2)cc1. The smallest absolute Gasteiger partial charge is 0.328 e. The van der Waals surface area contributed by atoms with Crippen molar-refractivity contribution in [2.75, 3.05) is 20.3 Å². The van der Waals surface area contributed by atoms with E-state index >= 15 is 0 Å². The molecule has 4 heterocycles. The van der Waals surface area contributed by atoms with E-state index in [9.17, 15) is 9.59 Å². The summed E-state index contributed by atoms with van der Waals surface area (Å²) in [5.74, 6) is 0.743. The number of benzene rings is 1. The van der Waals surface area contributed by atoms with Crippen molar-refractivity contribution in [2.45, 2.75) is 43.7 Å². The molecule has 5 rings (SSSR count). The average Bonchev–Trinajstić information content (AvgIpc) is 2.93. The Balaban J connectivity index is 1.48. The van der Waals surface area contributed by atoms with Crippen LogP contribution in [-0.4, -0.2) is 54.3 Å². The number of hydrogen-bond donors (Lipinski definition) is 1. The third-order valence-electron chi connectivity index (χ3n) is 5.95. The summed E-state index contributed by atoms with van der Waals surface area (Å²) >= 11 is 0. The zero-order valence-electron chi connectivity index (χ0n) is 17.2. The number of fused-ring (bicyclic) bond motifs is 4. The lowest BCUT2D eigenvalue weighted by molar-refractivity contribution is -0.317. The van der Waals surface area contributed by atoms with E-state index in [-0.39, 0.29) is 6.10 Å². The quantitative estimate of drug-likeness (QED) is 0.734. The van der Waals surface area contributed by atoms with E-state index in [2.05, 4.69) is 4.98 Å². The zero-order chi connectivity index (χ0) is 21.5. The molecule has 1 aromatic carbocycles. The molecular formula is C22H24N2O7. The van der Waals surface area contributed by atoms with E-state index in [1.165, 1.54) is 4.57 Å². The highest BCUT2D eigenvalue weighted by atomic mass is 16.7. The fourth-order valence-electron chi connectivity index (χ4n) is 4.39. The third kappa shape index (κ3) is 3.63. The van der Waals surface area contributed by atoms with Gasteiger partial charge in [-0.3, -0.25) is 14.3 Å². The van der Waals surface area contributed by atoms with E-state index in [0.717, 1.165) is 11.3 Å². The predicted molar refractivity (Wildman–Crippen MR) is 109 cm³/mol. The third-order valence-corrected chi connectivity index (χ3v) is 5.95. The summed E-state index contributed by atoms with van der Waals surface area (Å²) in [6.07, 6.45) is 3.04. The molecule has 2 fully saturated rings. The molecule has 1 N–H and O–H groups in total. The first-order valence-electron chi connectivity index (χ1n) is 10.2. The van der Waals surface area contributed by atoms with E-state index in [0.29, 0.717) is 18.8 Å². The molecule has 9 heteroatoms. The summed E-state index contributed by atoms with van der Waals surface area (Å²) in [5.41, 5.74) is 0.376. The molecule has 4 unspecified atom stereocenters. The maximum atomic E-state index is 12.6. The van der Waals surface area contributed by atoms with E-state index in [1.54, 1.807) is 20.2 Å². The van der Waals surface area contributed by atoms with Crippen molar-refractivity contribution in [3.63, 3.8) is 0 Å². The van der Waals surface area contributed by atoms with Crippen LogP contribution in [0.3, 0.4) is 0 Å². The van der Waals surface area contributed by atoms with Gasteiger partial charge < -0.3 is 23.7 Å². The van der Waals surface area contributed by atoms with Gasteiger partial charge in [0.25, 0.3) is 5.56 Å². The van der Waals surface area contributed by atoms with E-state index in [1.807, 2.05) is 36.4 Å². The predicted octanol–water partition coefficient (Wildman–Crippen LogP) is 1.23. The average molecular weight is 428 g/mol. The maximum Gasteiger partial charge on any atom is 0.328 e. The number of methoxy groups -OCH3 is 1. The van der Waals surface area contributed by atoms with Gasteiger partial charge in [0.05, 0.1) is 32.5 Å². The molecule has 1 aromatic heterocycles. The van der Waals surface area contributed by atoms with Crippen LogP contribution in [0.25, 0.3) is 0 Å². The number of aryl methyl sites for hydroxylation is 1. The maximum absolute atomic E-state index is 12.6. The summed E-state index contributed by atoms with van der Waals surface area (Å²) in [7, 11) is 1.61. The Morgan fingerprint density at radius 3 is 2.68 bits per heavy atom. The van der Waals surface area contributed by atoms with Crippen molar-refractivity contribution in [3.05, 3.63) is 74.6 Å². The Labute approximate surface area is 178 Å². The van der Waals surface area contributed by atoms with Crippen LogP contribution in [0.4, 0.5) is 0 Å². The second-order valence-electron chi connectivity index (χ2n) is 7.87. The van der Waals surface area contributed by atoms with E-state index < -0.39 is 41.9 Å². The van der Waals surface area contributed by atoms with E-state index in [4.69, 9.17) is 23.7 Å². The Bertz CT molecular complexity index is 1090. The van der Waals surface area contributed by atoms with Crippen molar-refractivity contribution in [2.24, 2.45) is 0 Å². The summed E-state index contributed by atoms with van der Waals surface area (Å²) < 4.78 is 31.3. The van der Waals surface area contributed by atoms with Gasteiger partial charge in [-0.05, 0) is 19.1 Å². The second-order valence-corrected chi connectivity index (χ2v) is 7.87. The number of hydrogen-bond acceptors (Lipinski definition) is 7. The molecule has 0 spiro atoms. The molecule has 31 heavy (non-hydrogen) atoms. The van der Waals surface area contributed by atoms with Gasteiger partial charge in [-0.25, -0.2) is 4.79 Å². The van der Waals surface area contributed by atoms with Crippen molar-refractivity contribution >= 4 is 0 Å². The Kier molecular flexibility index (Phi) is 5.27. The van der Waals surface area contributed by atoms with Crippen LogP contribution in [0.5, 0.6) is 5.75 Å². The highest BCUT2D eigenvalue weighted by Crippen LogP contribution is 2.40. The van der Waals surface area contributed by atoms with Crippen molar-refractivity contribution in [1.29, 1.82) is 0 Å². The second kappa shape index (κ2) is 8.08. The molecule has 2 saturated heterocycles. The lowest BCUT2D eigenvalue weighted by Gasteiger charge is -2.48. The highest BCUT2D eigenvalue weighted by Gasteiger charge is 2.51. The van der Waals surface area contributed by atoms with Crippen LogP contribution in [0.1, 0.15) is 23.5 Å². The highest BCUT2D eigenvalue weighted by molar-refractivity contribution is 5.28. The summed E-state index contributed by atoms with van der Waals surface area (Å²) in [5, 5.41) is 0. The molecule has 0 saturated carbocycles. The Hall–Kier alpha value is -2.72. The Morgan fingerprint density at radius 2 is 1.90 bits per heavy atom. The van der Waals surface area contributed by atoms with Crippen LogP contribution in [0.15, 0.2) is 52.2 Å². The molecule has 3 aliphatic rings. The number of aromatic nitrogens is 2. The molecule has 6 atom stereocenters. The molecular weight excluding hydrogens is 404 g/mol. The first-order valence-corrected chi connectivity index (χ1v) is 10.2. The van der Waals surface area contributed by atoms with Gasteiger partial charge in [0, 0.05) is 17.3 Å². The fourth-order valence-corrected chi connectivity index (χ4v) is 4.39. The van der Waals surface area contributed by atoms with Gasteiger partial charge >= 0.3 is 5.69 Å². The number of nitrogens with one attached hydrogen (secondary N) is 1. The number of rotatable bonds is 3. The first-order chi connectivity index (χ1) is 15.0. The van der Waals surface area contributed by atoms with Crippen LogP contribution < -0.4 is 16.0 Å². The first kappa shape index (κ1) is 20.2. The van der Waals surface area contributed by atoms with Crippen LogP contribution in [-0.2, 0) is 18.9 Å². The zero-order valence-corrected chi connectivity index (χ0v) is 17.2. The Morgan fingerprint density at radius 1 is 1.10 bits per heavy atom. The largest absolute Gasteiger partial charge is 0.497 e. The molecule has 164 valence electrons. The molecule has 3 aliphatic heterocycles. The van der Waals surface area contributed by atoms with Gasteiger partial charge in [-0.1, -0.05) is 24.3 Å². The van der Waals surface area contributed by atoms with Gasteiger partial charge in [0.1, 0.15) is 24.1 Å². The number of ether oxygens (including phenoxy) is 5. The standard InChI is InChI=1S/C22H24N2O7/c1-12-10-24(22(26)23-20(12)25)17-15-4-3-9-28-19(17)18-16(30-15)11-29-21(31-18)13-5-7-14(27-2)8-6-13/h3-8,10,15-19,21H,9,11H2,1-2H3,(H,23,25,26)/t15-,16?,17?,18-,19?,21?/m1/s1. The van der Waals surface area contributed by atoms with Crippen LogP contribution in [0, 0.1) is 6.92 Å². The topological polar surface area (TPSA) is 101 Å². The minimum atomic E-state index is -0.596. The van der Waals surface area contributed by atoms with Crippen molar-refractivity contribution in [1.82, 2.24) is 9.55 Å². The molecule has 2 bridgehead atoms.